The van der Waals surface area contributed by atoms with E-state index in [0.717, 1.165) is 27.0 Å². The van der Waals surface area contributed by atoms with Gasteiger partial charge in [0.15, 0.2) is 5.13 Å². The van der Waals surface area contributed by atoms with Crippen molar-refractivity contribution >= 4 is 34.0 Å². The summed E-state index contributed by atoms with van der Waals surface area (Å²) in [6, 6.07) is 7.66. The summed E-state index contributed by atoms with van der Waals surface area (Å²) in [5.74, 6) is 0.233. The van der Waals surface area contributed by atoms with Crippen molar-refractivity contribution in [3.63, 3.8) is 0 Å². The molecule has 3 rings (SSSR count). The van der Waals surface area contributed by atoms with E-state index in [9.17, 15) is 4.79 Å². The van der Waals surface area contributed by atoms with Crippen molar-refractivity contribution in [2.24, 2.45) is 0 Å². The Balaban J connectivity index is 1.82. The molecule has 6 nitrogen and oxygen atoms in total. The summed E-state index contributed by atoms with van der Waals surface area (Å²) in [5.41, 5.74) is 4.60. The number of nitrogens with one attached hydrogen (secondary N) is 2. The number of aromatic nitrogens is 3. The Morgan fingerprint density at radius 2 is 1.50 bits per heavy atom. The minimum atomic E-state index is -0.212. The maximum atomic E-state index is 12.6. The number of hydrogen-bond donors (Lipinski definition) is 2. The number of carbonyl (C=O) groups excluding carboxylic acids is 1. The van der Waals surface area contributed by atoms with Crippen LogP contribution >= 0.6 is 11.3 Å². The van der Waals surface area contributed by atoms with E-state index in [0.29, 0.717) is 22.9 Å². The molecule has 26 heavy (non-hydrogen) atoms. The highest BCUT2D eigenvalue weighted by molar-refractivity contribution is 7.15. The van der Waals surface area contributed by atoms with E-state index in [1.807, 2.05) is 58.9 Å². The fourth-order valence-corrected chi connectivity index (χ4v) is 3.36. The summed E-state index contributed by atoms with van der Waals surface area (Å²) >= 11 is 1.55. The van der Waals surface area contributed by atoms with Gasteiger partial charge < -0.3 is 10.6 Å². The number of benzene rings is 1. The van der Waals surface area contributed by atoms with Crippen LogP contribution < -0.4 is 10.6 Å². The number of aryl methyl sites for hydroxylation is 5. The predicted molar refractivity (Wildman–Crippen MR) is 106 cm³/mol. The van der Waals surface area contributed by atoms with Crippen LogP contribution in [0.5, 0.6) is 0 Å². The van der Waals surface area contributed by atoms with Gasteiger partial charge in [-0.15, -0.1) is 11.3 Å². The molecule has 7 heteroatoms. The number of carbonyl (C=O) groups is 1. The minimum Gasteiger partial charge on any atom is -0.322 e. The zero-order valence-electron chi connectivity index (χ0n) is 15.5. The Morgan fingerprint density at radius 3 is 2.04 bits per heavy atom. The third kappa shape index (κ3) is 3.88. The molecule has 0 saturated heterocycles. The molecule has 0 unspecified atom stereocenters. The standard InChI is InChI=1S/C19H21N5OS/c1-10-6-8-15(9-7-10)23-17(25)16-12(3)20-18(21-13(16)4)24-19-22-11(2)14(5)26-19/h6-9H,1-5H3,(H,23,25)(H,20,21,22,24). The highest BCUT2D eigenvalue weighted by Crippen LogP contribution is 2.24. The summed E-state index contributed by atoms with van der Waals surface area (Å²) in [6.45, 7) is 9.61. The van der Waals surface area contributed by atoms with E-state index in [1.54, 1.807) is 11.3 Å². The number of anilines is 3. The zero-order chi connectivity index (χ0) is 18.8. The fraction of sp³-hybridized carbons (Fsp3) is 0.263. The second-order valence-electron chi connectivity index (χ2n) is 6.20. The van der Waals surface area contributed by atoms with Gasteiger partial charge in [-0.1, -0.05) is 17.7 Å². The van der Waals surface area contributed by atoms with Crippen LogP contribution in [0.3, 0.4) is 0 Å². The van der Waals surface area contributed by atoms with Crippen molar-refractivity contribution < 1.29 is 4.79 Å². The monoisotopic (exact) mass is 367 g/mol. The first-order valence-electron chi connectivity index (χ1n) is 8.28. The van der Waals surface area contributed by atoms with E-state index in [1.165, 1.54) is 0 Å². The van der Waals surface area contributed by atoms with Crippen LogP contribution in [-0.2, 0) is 0 Å². The van der Waals surface area contributed by atoms with E-state index in [2.05, 4.69) is 25.6 Å². The van der Waals surface area contributed by atoms with Crippen molar-refractivity contribution in [2.75, 3.05) is 10.6 Å². The van der Waals surface area contributed by atoms with Gasteiger partial charge in [-0.25, -0.2) is 15.0 Å². The minimum absolute atomic E-state index is 0.212. The summed E-state index contributed by atoms with van der Waals surface area (Å²) < 4.78 is 0. The molecule has 0 aliphatic rings. The number of hydrogen-bond acceptors (Lipinski definition) is 6. The number of nitrogens with zero attached hydrogens (tertiary/aromatic N) is 3. The van der Waals surface area contributed by atoms with Gasteiger partial charge in [0.05, 0.1) is 22.6 Å². The number of thiazole rings is 1. The molecule has 0 bridgehead atoms. The molecule has 0 atom stereocenters. The molecule has 0 saturated carbocycles. The summed E-state index contributed by atoms with van der Waals surface area (Å²) in [6.07, 6.45) is 0. The maximum absolute atomic E-state index is 12.6. The number of rotatable bonds is 4. The van der Waals surface area contributed by atoms with Crippen molar-refractivity contribution in [3.8, 4) is 0 Å². The lowest BCUT2D eigenvalue weighted by molar-refractivity contribution is 0.102. The van der Waals surface area contributed by atoms with Gasteiger partial charge in [-0.2, -0.15) is 0 Å². The highest BCUT2D eigenvalue weighted by Gasteiger charge is 2.17. The largest absolute Gasteiger partial charge is 0.322 e. The first-order valence-corrected chi connectivity index (χ1v) is 9.09. The molecule has 0 radical (unpaired) electrons. The van der Waals surface area contributed by atoms with Crippen molar-refractivity contribution in [1.29, 1.82) is 0 Å². The smallest absolute Gasteiger partial charge is 0.259 e. The van der Waals surface area contributed by atoms with E-state index < -0.39 is 0 Å². The first kappa shape index (κ1) is 18.0. The highest BCUT2D eigenvalue weighted by atomic mass is 32.1. The topological polar surface area (TPSA) is 79.8 Å². The molecule has 2 heterocycles. The van der Waals surface area contributed by atoms with Crippen molar-refractivity contribution in [3.05, 3.63) is 57.4 Å². The quantitative estimate of drug-likeness (QED) is 0.711. The molecule has 0 spiro atoms. The second-order valence-corrected chi connectivity index (χ2v) is 7.40. The first-order chi connectivity index (χ1) is 12.3. The Hall–Kier alpha value is -2.80. The maximum Gasteiger partial charge on any atom is 0.259 e. The Labute approximate surface area is 156 Å². The van der Waals surface area contributed by atoms with Gasteiger partial charge in [-0.3, -0.25) is 4.79 Å². The van der Waals surface area contributed by atoms with Crippen LogP contribution in [0.25, 0.3) is 0 Å². The van der Waals surface area contributed by atoms with Crippen LogP contribution in [-0.4, -0.2) is 20.9 Å². The third-order valence-corrected chi connectivity index (χ3v) is 5.04. The van der Waals surface area contributed by atoms with Crippen LogP contribution in [0.1, 0.15) is 37.9 Å². The molecular weight excluding hydrogens is 346 g/mol. The van der Waals surface area contributed by atoms with E-state index in [4.69, 9.17) is 0 Å². The average molecular weight is 367 g/mol. The van der Waals surface area contributed by atoms with E-state index >= 15 is 0 Å². The molecule has 0 aliphatic carbocycles. The lowest BCUT2D eigenvalue weighted by atomic mass is 10.1. The zero-order valence-corrected chi connectivity index (χ0v) is 16.3. The van der Waals surface area contributed by atoms with Crippen LogP contribution in [0.2, 0.25) is 0 Å². The van der Waals surface area contributed by atoms with Crippen LogP contribution in [0.4, 0.5) is 16.8 Å². The van der Waals surface area contributed by atoms with Crippen LogP contribution in [0, 0.1) is 34.6 Å². The Kier molecular flexibility index (Phi) is 4.99. The molecular formula is C19H21N5OS. The van der Waals surface area contributed by atoms with Crippen molar-refractivity contribution in [2.45, 2.75) is 34.6 Å². The van der Waals surface area contributed by atoms with Crippen LogP contribution in [0.15, 0.2) is 24.3 Å². The van der Waals surface area contributed by atoms with Gasteiger partial charge in [0.2, 0.25) is 5.95 Å². The Morgan fingerprint density at radius 1 is 0.885 bits per heavy atom. The lowest BCUT2D eigenvalue weighted by Crippen LogP contribution is -2.17. The molecule has 134 valence electrons. The summed E-state index contributed by atoms with van der Waals surface area (Å²) in [7, 11) is 0. The molecule has 0 fully saturated rings. The lowest BCUT2D eigenvalue weighted by Gasteiger charge is -2.11. The normalized spacial score (nSPS) is 10.7. The summed E-state index contributed by atoms with van der Waals surface area (Å²) in [4.78, 5) is 27.1. The fourth-order valence-electron chi connectivity index (χ4n) is 2.55. The van der Waals surface area contributed by atoms with Crippen molar-refractivity contribution in [1.82, 2.24) is 15.0 Å². The van der Waals surface area contributed by atoms with Gasteiger partial charge in [0.1, 0.15) is 0 Å². The SMILES string of the molecule is Cc1ccc(NC(=O)c2c(C)nc(Nc3nc(C)c(C)s3)nc2C)cc1. The predicted octanol–water partition coefficient (Wildman–Crippen LogP) is 4.47. The van der Waals surface area contributed by atoms with Gasteiger partial charge in [0, 0.05) is 10.6 Å². The van der Waals surface area contributed by atoms with Gasteiger partial charge in [-0.05, 0) is 46.8 Å². The van der Waals surface area contributed by atoms with Gasteiger partial charge in [0.25, 0.3) is 5.91 Å². The molecule has 1 aromatic carbocycles. The van der Waals surface area contributed by atoms with E-state index in [-0.39, 0.29) is 5.91 Å². The third-order valence-electron chi connectivity index (χ3n) is 4.05. The summed E-state index contributed by atoms with van der Waals surface area (Å²) in [5, 5.41) is 6.77. The molecule has 0 aliphatic heterocycles. The second kappa shape index (κ2) is 7.21. The number of amides is 1. The molecule has 3 aromatic rings. The molecule has 2 N–H and O–H groups in total. The van der Waals surface area contributed by atoms with Gasteiger partial charge >= 0.3 is 0 Å². The molecule has 2 aromatic heterocycles. The average Bonchev–Trinajstić information content (AvgIpc) is 2.86. The Bertz CT molecular complexity index is 920. The molecule has 1 amide bonds.